The van der Waals surface area contributed by atoms with Gasteiger partial charge in [0.2, 0.25) is 0 Å². The molecule has 0 aliphatic carbocycles. The zero-order valence-electron chi connectivity index (χ0n) is 9.74. The number of hydrazine groups is 1. The third kappa shape index (κ3) is 2.01. The predicted octanol–water partition coefficient (Wildman–Crippen LogP) is 2.48. The van der Waals surface area contributed by atoms with Crippen LogP contribution in [0.2, 0.25) is 0 Å². The summed E-state index contributed by atoms with van der Waals surface area (Å²) >= 11 is 1.65. The maximum absolute atomic E-state index is 5.51. The maximum Gasteiger partial charge on any atom is 0.152 e. The number of fused-ring (bicyclic) bond motifs is 1. The molecule has 0 aliphatic rings. The standard InChI is InChI=1S/C11H16N4S/c1-6(2)4-8-5-16-11-9(8)10(15-12)13-7(3)14-11/h5-6H,4,12H2,1-3H3,(H,13,14,15). The topological polar surface area (TPSA) is 63.8 Å². The van der Waals surface area contributed by atoms with Gasteiger partial charge in [0.15, 0.2) is 5.82 Å². The molecule has 5 heteroatoms. The summed E-state index contributed by atoms with van der Waals surface area (Å²) in [5.41, 5.74) is 3.95. The van der Waals surface area contributed by atoms with Crippen molar-refractivity contribution in [3.05, 3.63) is 16.8 Å². The number of nitrogens with two attached hydrogens (primary N) is 1. The molecule has 0 aliphatic heterocycles. The summed E-state index contributed by atoms with van der Waals surface area (Å²) in [5.74, 6) is 7.61. The molecule has 2 heterocycles. The van der Waals surface area contributed by atoms with Crippen molar-refractivity contribution in [2.45, 2.75) is 27.2 Å². The van der Waals surface area contributed by atoms with E-state index in [-0.39, 0.29) is 0 Å². The van der Waals surface area contributed by atoms with Crippen LogP contribution >= 0.6 is 11.3 Å². The largest absolute Gasteiger partial charge is 0.308 e. The van der Waals surface area contributed by atoms with Crippen molar-refractivity contribution in [1.29, 1.82) is 0 Å². The quantitative estimate of drug-likeness (QED) is 0.635. The Morgan fingerprint density at radius 3 is 2.81 bits per heavy atom. The Bertz CT molecular complexity index is 504. The Morgan fingerprint density at radius 1 is 1.44 bits per heavy atom. The minimum Gasteiger partial charge on any atom is -0.308 e. The minimum atomic E-state index is 0.615. The molecule has 4 nitrogen and oxygen atoms in total. The van der Waals surface area contributed by atoms with Gasteiger partial charge in [-0.1, -0.05) is 13.8 Å². The third-order valence-corrected chi connectivity index (χ3v) is 3.31. The van der Waals surface area contributed by atoms with Crippen molar-refractivity contribution in [3.8, 4) is 0 Å². The fraction of sp³-hybridized carbons (Fsp3) is 0.455. The zero-order chi connectivity index (χ0) is 11.7. The molecule has 86 valence electrons. The number of rotatable bonds is 3. The van der Waals surface area contributed by atoms with Crippen LogP contribution in [0.5, 0.6) is 0 Å². The van der Waals surface area contributed by atoms with Gasteiger partial charge in [-0.25, -0.2) is 15.8 Å². The molecule has 0 fully saturated rings. The van der Waals surface area contributed by atoms with E-state index in [0.29, 0.717) is 5.92 Å². The molecular weight excluding hydrogens is 220 g/mol. The number of aryl methyl sites for hydroxylation is 1. The lowest BCUT2D eigenvalue weighted by molar-refractivity contribution is 0.651. The molecule has 0 bridgehead atoms. The number of anilines is 1. The van der Waals surface area contributed by atoms with Crippen molar-refractivity contribution in [2.75, 3.05) is 5.43 Å². The van der Waals surface area contributed by atoms with Gasteiger partial charge in [-0.2, -0.15) is 0 Å². The summed E-state index contributed by atoms with van der Waals surface area (Å²) in [5, 5.41) is 3.23. The number of hydrogen-bond acceptors (Lipinski definition) is 5. The minimum absolute atomic E-state index is 0.615. The van der Waals surface area contributed by atoms with Crippen molar-refractivity contribution < 1.29 is 0 Å². The van der Waals surface area contributed by atoms with E-state index in [1.165, 1.54) is 5.56 Å². The second kappa shape index (κ2) is 4.35. The van der Waals surface area contributed by atoms with E-state index in [0.717, 1.165) is 28.3 Å². The second-order valence-electron chi connectivity index (χ2n) is 4.30. The Labute approximate surface area is 98.9 Å². The Hall–Kier alpha value is -1.20. The van der Waals surface area contributed by atoms with Crippen LogP contribution in [0.25, 0.3) is 10.2 Å². The lowest BCUT2D eigenvalue weighted by Crippen LogP contribution is -2.10. The van der Waals surface area contributed by atoms with Gasteiger partial charge in [-0.15, -0.1) is 11.3 Å². The van der Waals surface area contributed by atoms with Gasteiger partial charge in [0.1, 0.15) is 10.7 Å². The maximum atomic E-state index is 5.51. The van der Waals surface area contributed by atoms with E-state index in [9.17, 15) is 0 Å². The summed E-state index contributed by atoms with van der Waals surface area (Å²) in [6.45, 7) is 6.28. The van der Waals surface area contributed by atoms with E-state index in [2.05, 4.69) is 34.6 Å². The normalized spacial score (nSPS) is 11.3. The molecule has 0 saturated heterocycles. The van der Waals surface area contributed by atoms with Gasteiger partial charge < -0.3 is 5.43 Å². The van der Waals surface area contributed by atoms with Crippen LogP contribution in [0.3, 0.4) is 0 Å². The van der Waals surface area contributed by atoms with E-state index in [4.69, 9.17) is 5.84 Å². The Kier molecular flexibility index (Phi) is 3.07. The molecule has 0 aromatic carbocycles. The molecular formula is C11H16N4S. The predicted molar refractivity (Wildman–Crippen MR) is 68.5 cm³/mol. The smallest absolute Gasteiger partial charge is 0.152 e. The highest BCUT2D eigenvalue weighted by atomic mass is 32.1. The molecule has 0 amide bonds. The Balaban J connectivity index is 2.60. The lowest BCUT2D eigenvalue weighted by atomic mass is 10.0. The van der Waals surface area contributed by atoms with Crippen LogP contribution in [-0.2, 0) is 6.42 Å². The number of hydrogen-bond donors (Lipinski definition) is 2. The third-order valence-electron chi connectivity index (χ3n) is 2.39. The fourth-order valence-electron chi connectivity index (χ4n) is 1.80. The van der Waals surface area contributed by atoms with Gasteiger partial charge in [-0.3, -0.25) is 0 Å². The van der Waals surface area contributed by atoms with Crippen LogP contribution in [0.1, 0.15) is 25.2 Å². The van der Waals surface area contributed by atoms with E-state index >= 15 is 0 Å². The zero-order valence-corrected chi connectivity index (χ0v) is 10.6. The molecule has 2 aromatic heterocycles. The average molecular weight is 236 g/mol. The fourth-order valence-corrected chi connectivity index (χ4v) is 2.80. The first-order valence-electron chi connectivity index (χ1n) is 5.33. The van der Waals surface area contributed by atoms with E-state index < -0.39 is 0 Å². The number of thiophene rings is 1. The highest BCUT2D eigenvalue weighted by molar-refractivity contribution is 7.17. The van der Waals surface area contributed by atoms with Crippen LogP contribution in [0, 0.1) is 12.8 Å². The first-order valence-corrected chi connectivity index (χ1v) is 6.21. The van der Waals surface area contributed by atoms with Gasteiger partial charge in [0.05, 0.1) is 5.39 Å². The molecule has 2 rings (SSSR count). The molecule has 0 unspecified atom stereocenters. The van der Waals surface area contributed by atoms with Crippen molar-refractivity contribution in [3.63, 3.8) is 0 Å². The van der Waals surface area contributed by atoms with Crippen molar-refractivity contribution >= 4 is 27.4 Å². The van der Waals surface area contributed by atoms with Crippen LogP contribution in [-0.4, -0.2) is 9.97 Å². The van der Waals surface area contributed by atoms with Gasteiger partial charge >= 0.3 is 0 Å². The van der Waals surface area contributed by atoms with Crippen molar-refractivity contribution in [2.24, 2.45) is 11.8 Å². The SMILES string of the molecule is Cc1nc(NN)c2c(CC(C)C)csc2n1. The summed E-state index contributed by atoms with van der Waals surface area (Å²) in [7, 11) is 0. The van der Waals surface area contributed by atoms with Crippen LogP contribution in [0.15, 0.2) is 5.38 Å². The number of nitrogens with one attached hydrogen (secondary N) is 1. The molecule has 2 aromatic rings. The molecule has 0 spiro atoms. The Morgan fingerprint density at radius 2 is 2.19 bits per heavy atom. The number of nitrogen functional groups attached to an aromatic ring is 1. The van der Waals surface area contributed by atoms with E-state index in [1.54, 1.807) is 11.3 Å². The van der Waals surface area contributed by atoms with Gasteiger partial charge in [0, 0.05) is 0 Å². The molecule has 3 N–H and O–H groups in total. The first kappa shape index (κ1) is 11.3. The van der Waals surface area contributed by atoms with Crippen LogP contribution in [0.4, 0.5) is 5.82 Å². The lowest BCUT2D eigenvalue weighted by Gasteiger charge is -2.07. The summed E-state index contributed by atoms with van der Waals surface area (Å²) in [4.78, 5) is 9.75. The molecule has 0 radical (unpaired) electrons. The van der Waals surface area contributed by atoms with Crippen LogP contribution < -0.4 is 11.3 Å². The highest BCUT2D eigenvalue weighted by Gasteiger charge is 2.12. The number of aromatic nitrogens is 2. The molecule has 0 atom stereocenters. The molecule has 0 saturated carbocycles. The average Bonchev–Trinajstić information content (AvgIpc) is 2.59. The monoisotopic (exact) mass is 236 g/mol. The van der Waals surface area contributed by atoms with Gasteiger partial charge in [0.25, 0.3) is 0 Å². The van der Waals surface area contributed by atoms with E-state index in [1.807, 2.05) is 6.92 Å². The number of nitrogens with zero attached hydrogens (tertiary/aromatic N) is 2. The first-order chi connectivity index (χ1) is 7.61. The van der Waals surface area contributed by atoms with Crippen molar-refractivity contribution in [1.82, 2.24) is 9.97 Å². The van der Waals surface area contributed by atoms with Gasteiger partial charge in [-0.05, 0) is 30.2 Å². The summed E-state index contributed by atoms with van der Waals surface area (Å²) < 4.78 is 0. The molecule has 16 heavy (non-hydrogen) atoms. The summed E-state index contributed by atoms with van der Waals surface area (Å²) in [6, 6.07) is 0. The summed E-state index contributed by atoms with van der Waals surface area (Å²) in [6.07, 6.45) is 1.03. The highest BCUT2D eigenvalue weighted by Crippen LogP contribution is 2.30. The second-order valence-corrected chi connectivity index (χ2v) is 5.16.